The van der Waals surface area contributed by atoms with Crippen molar-refractivity contribution in [2.45, 2.75) is 39.3 Å². The molecule has 0 spiro atoms. The van der Waals surface area contributed by atoms with Crippen LogP contribution in [-0.2, 0) is 6.54 Å². The molecule has 146 valence electrons. The molecule has 0 unspecified atom stereocenters. The van der Waals surface area contributed by atoms with Gasteiger partial charge in [0.1, 0.15) is 5.82 Å². The number of likely N-dealkylation sites (tertiary alicyclic amines) is 1. The zero-order chi connectivity index (χ0) is 19.7. The number of aromatic nitrogens is 4. The Morgan fingerprint density at radius 2 is 2.00 bits per heavy atom. The summed E-state index contributed by atoms with van der Waals surface area (Å²) in [6, 6.07) is 4.41. The maximum absolute atomic E-state index is 6.19. The van der Waals surface area contributed by atoms with Gasteiger partial charge in [-0.05, 0) is 65.9 Å². The van der Waals surface area contributed by atoms with E-state index in [0.717, 1.165) is 53.6 Å². The van der Waals surface area contributed by atoms with Crippen LogP contribution in [0.1, 0.15) is 29.7 Å². The van der Waals surface area contributed by atoms with Crippen LogP contribution in [0.15, 0.2) is 29.0 Å². The zero-order valence-corrected chi connectivity index (χ0v) is 17.7. The second-order valence-electron chi connectivity index (χ2n) is 7.37. The Balaban J connectivity index is 1.42. The second kappa shape index (κ2) is 7.97. The number of halogens is 1. The summed E-state index contributed by atoms with van der Waals surface area (Å²) in [6.45, 7) is 6.95. The summed E-state index contributed by atoms with van der Waals surface area (Å²) in [7, 11) is 0. The van der Waals surface area contributed by atoms with Crippen molar-refractivity contribution in [2.24, 2.45) is 0 Å². The first kappa shape index (κ1) is 19.0. The van der Waals surface area contributed by atoms with Crippen LogP contribution < -0.4 is 11.1 Å². The van der Waals surface area contributed by atoms with Gasteiger partial charge in [0.05, 0.1) is 5.39 Å². The van der Waals surface area contributed by atoms with E-state index < -0.39 is 0 Å². The number of hydrogen-bond acceptors (Lipinski definition) is 7. The van der Waals surface area contributed by atoms with E-state index in [1.807, 2.05) is 32.3 Å². The fraction of sp³-hybridized carbons (Fsp3) is 0.400. The third-order valence-electron chi connectivity index (χ3n) is 5.19. The van der Waals surface area contributed by atoms with Crippen molar-refractivity contribution in [1.82, 2.24) is 24.8 Å². The van der Waals surface area contributed by atoms with Crippen molar-refractivity contribution in [3.63, 3.8) is 0 Å². The number of nitrogens with zero attached hydrogens (tertiary/aromatic N) is 5. The standard InChI is InChI=1S/C20H24BrN7/c1-12-9-13(2)24-19-17(12)18(22)26-20(27-19)25-15-4-7-28(8-5-15)11-14-3-6-23-10-16(14)21/h3,6,9-10,15H,4-5,7-8,11H2,1-2H3,(H3,22,24,25,26,27). The van der Waals surface area contributed by atoms with Gasteiger partial charge in [-0.15, -0.1) is 0 Å². The Bertz CT molecular complexity index is 999. The van der Waals surface area contributed by atoms with Crippen molar-refractivity contribution >= 4 is 38.7 Å². The van der Waals surface area contributed by atoms with E-state index in [0.29, 0.717) is 23.5 Å². The van der Waals surface area contributed by atoms with Crippen LogP contribution in [0.5, 0.6) is 0 Å². The van der Waals surface area contributed by atoms with Gasteiger partial charge < -0.3 is 11.1 Å². The van der Waals surface area contributed by atoms with E-state index in [2.05, 4.69) is 52.1 Å². The molecule has 4 heterocycles. The Kier molecular flexibility index (Phi) is 5.41. The molecular formula is C20H24BrN7. The average Bonchev–Trinajstić information content (AvgIpc) is 2.64. The smallest absolute Gasteiger partial charge is 0.226 e. The molecule has 7 nitrogen and oxygen atoms in total. The van der Waals surface area contributed by atoms with Crippen LogP contribution in [0.4, 0.5) is 11.8 Å². The molecule has 1 fully saturated rings. The molecule has 3 aromatic heterocycles. The van der Waals surface area contributed by atoms with Crippen molar-refractivity contribution < 1.29 is 0 Å². The minimum absolute atomic E-state index is 0.333. The van der Waals surface area contributed by atoms with Crippen LogP contribution in [0, 0.1) is 13.8 Å². The van der Waals surface area contributed by atoms with Gasteiger partial charge in [-0.25, -0.2) is 4.98 Å². The number of nitrogens with one attached hydrogen (secondary N) is 1. The minimum Gasteiger partial charge on any atom is -0.383 e. The van der Waals surface area contributed by atoms with Crippen molar-refractivity contribution in [3.8, 4) is 0 Å². The first-order valence-corrected chi connectivity index (χ1v) is 10.3. The zero-order valence-electron chi connectivity index (χ0n) is 16.1. The van der Waals surface area contributed by atoms with Gasteiger partial charge in [0.25, 0.3) is 0 Å². The molecule has 28 heavy (non-hydrogen) atoms. The molecule has 0 bridgehead atoms. The van der Waals surface area contributed by atoms with Crippen molar-refractivity contribution in [3.05, 3.63) is 45.8 Å². The van der Waals surface area contributed by atoms with Crippen LogP contribution in [0.2, 0.25) is 0 Å². The quantitative estimate of drug-likeness (QED) is 0.639. The largest absolute Gasteiger partial charge is 0.383 e. The van der Waals surface area contributed by atoms with Gasteiger partial charge in [-0.2, -0.15) is 9.97 Å². The third-order valence-corrected chi connectivity index (χ3v) is 5.91. The minimum atomic E-state index is 0.333. The summed E-state index contributed by atoms with van der Waals surface area (Å²) in [5.74, 6) is 1.05. The molecule has 0 saturated carbocycles. The summed E-state index contributed by atoms with van der Waals surface area (Å²) in [5.41, 5.74) is 10.1. The predicted molar refractivity (Wildman–Crippen MR) is 115 cm³/mol. The number of anilines is 2. The van der Waals surface area contributed by atoms with Gasteiger partial charge in [-0.3, -0.25) is 9.88 Å². The van der Waals surface area contributed by atoms with Crippen LogP contribution in [-0.4, -0.2) is 44.0 Å². The fourth-order valence-electron chi connectivity index (χ4n) is 3.77. The summed E-state index contributed by atoms with van der Waals surface area (Å²) >= 11 is 3.58. The molecule has 0 amide bonds. The average molecular weight is 442 g/mol. The van der Waals surface area contributed by atoms with Crippen molar-refractivity contribution in [2.75, 3.05) is 24.1 Å². The maximum Gasteiger partial charge on any atom is 0.226 e. The van der Waals surface area contributed by atoms with Gasteiger partial charge in [0, 0.05) is 48.2 Å². The Morgan fingerprint density at radius 1 is 1.21 bits per heavy atom. The van der Waals surface area contributed by atoms with Gasteiger partial charge >= 0.3 is 0 Å². The number of hydrogen-bond donors (Lipinski definition) is 2. The molecule has 1 aliphatic rings. The molecule has 3 aromatic rings. The lowest BCUT2D eigenvalue weighted by atomic mass is 10.0. The summed E-state index contributed by atoms with van der Waals surface area (Å²) in [5, 5.41) is 4.30. The lowest BCUT2D eigenvalue weighted by molar-refractivity contribution is 0.210. The van der Waals surface area contributed by atoms with Crippen LogP contribution >= 0.6 is 15.9 Å². The Labute approximate surface area is 172 Å². The van der Waals surface area contributed by atoms with E-state index in [4.69, 9.17) is 5.73 Å². The lowest BCUT2D eigenvalue weighted by Gasteiger charge is -2.32. The number of pyridine rings is 2. The van der Waals surface area contributed by atoms with E-state index in [9.17, 15) is 0 Å². The van der Waals surface area contributed by atoms with Gasteiger partial charge in [0.2, 0.25) is 5.95 Å². The molecule has 0 aromatic carbocycles. The number of piperidine rings is 1. The molecular weight excluding hydrogens is 418 g/mol. The fourth-order valence-corrected chi connectivity index (χ4v) is 4.14. The first-order valence-electron chi connectivity index (χ1n) is 9.48. The number of fused-ring (bicyclic) bond motifs is 1. The van der Waals surface area contributed by atoms with Crippen LogP contribution in [0.25, 0.3) is 11.0 Å². The monoisotopic (exact) mass is 441 g/mol. The number of aryl methyl sites for hydroxylation is 2. The summed E-state index contributed by atoms with van der Waals surface area (Å²) in [6.07, 6.45) is 5.75. The molecule has 0 atom stereocenters. The second-order valence-corrected chi connectivity index (χ2v) is 8.23. The van der Waals surface area contributed by atoms with Gasteiger partial charge in [-0.1, -0.05) is 0 Å². The first-order chi connectivity index (χ1) is 13.5. The normalized spacial score (nSPS) is 15.8. The van der Waals surface area contributed by atoms with Crippen LogP contribution in [0.3, 0.4) is 0 Å². The van der Waals surface area contributed by atoms with E-state index in [1.54, 1.807) is 0 Å². The molecule has 3 N–H and O–H groups in total. The summed E-state index contributed by atoms with van der Waals surface area (Å²) in [4.78, 5) is 20.2. The number of nitrogens with two attached hydrogens (primary N) is 1. The van der Waals surface area contributed by atoms with E-state index >= 15 is 0 Å². The molecule has 8 heteroatoms. The highest BCUT2D eigenvalue weighted by molar-refractivity contribution is 9.10. The predicted octanol–water partition coefficient (Wildman–Crippen LogP) is 3.46. The number of rotatable bonds is 4. The Morgan fingerprint density at radius 3 is 2.75 bits per heavy atom. The highest BCUT2D eigenvalue weighted by Crippen LogP contribution is 2.24. The Hall–Kier alpha value is -2.32. The number of nitrogen functional groups attached to an aromatic ring is 1. The van der Waals surface area contributed by atoms with Gasteiger partial charge in [0.15, 0.2) is 5.65 Å². The third kappa shape index (κ3) is 4.07. The molecule has 1 aliphatic heterocycles. The topological polar surface area (TPSA) is 92.8 Å². The lowest BCUT2D eigenvalue weighted by Crippen LogP contribution is -2.39. The summed E-state index contributed by atoms with van der Waals surface area (Å²) < 4.78 is 1.06. The molecule has 0 radical (unpaired) electrons. The highest BCUT2D eigenvalue weighted by atomic mass is 79.9. The van der Waals surface area contributed by atoms with Crippen molar-refractivity contribution in [1.29, 1.82) is 0 Å². The maximum atomic E-state index is 6.19. The highest BCUT2D eigenvalue weighted by Gasteiger charge is 2.21. The van der Waals surface area contributed by atoms with E-state index in [1.165, 1.54) is 5.56 Å². The molecule has 0 aliphatic carbocycles. The molecule has 4 rings (SSSR count). The van der Waals surface area contributed by atoms with E-state index in [-0.39, 0.29) is 0 Å². The molecule has 1 saturated heterocycles. The SMILES string of the molecule is Cc1cc(C)c2c(N)nc(NC3CCN(Cc4ccncc4Br)CC3)nc2n1.